The lowest BCUT2D eigenvalue weighted by Crippen LogP contribution is -2.39. The third-order valence-electron chi connectivity index (χ3n) is 6.93. The van der Waals surface area contributed by atoms with Crippen LogP contribution in [0.5, 0.6) is 5.75 Å². The molecule has 5 aromatic rings. The second-order valence-electron chi connectivity index (χ2n) is 10.1. The van der Waals surface area contributed by atoms with Gasteiger partial charge in [0.1, 0.15) is 11.3 Å². The SMILES string of the molecule is COc1cnc2c(Sc3ccc(Nc4nnc(N5CC(C)CC(C)C5)c5ccccc45)cc3)ccnc2c1. The highest BCUT2D eigenvalue weighted by Crippen LogP contribution is 2.35. The topological polar surface area (TPSA) is 76.1 Å². The first-order chi connectivity index (χ1) is 18.6. The summed E-state index contributed by atoms with van der Waals surface area (Å²) in [6.07, 6.45) is 4.79. The molecule has 4 heterocycles. The number of anilines is 3. The minimum absolute atomic E-state index is 0.650. The molecule has 2 atom stereocenters. The molecule has 0 saturated carbocycles. The van der Waals surface area contributed by atoms with Crippen LogP contribution in [-0.2, 0) is 0 Å². The average Bonchev–Trinajstić information content (AvgIpc) is 2.93. The number of hydrogen-bond acceptors (Lipinski definition) is 8. The molecule has 1 aliphatic heterocycles. The van der Waals surface area contributed by atoms with Crippen molar-refractivity contribution in [2.24, 2.45) is 11.8 Å². The summed E-state index contributed by atoms with van der Waals surface area (Å²) in [5, 5.41) is 15.0. The van der Waals surface area contributed by atoms with Crippen molar-refractivity contribution in [1.29, 1.82) is 0 Å². The molecule has 2 unspecified atom stereocenters. The number of rotatable bonds is 6. The zero-order valence-electron chi connectivity index (χ0n) is 21.8. The number of benzene rings is 2. The first-order valence-corrected chi connectivity index (χ1v) is 13.7. The molecule has 8 heteroatoms. The van der Waals surface area contributed by atoms with Crippen molar-refractivity contribution >= 4 is 50.9 Å². The van der Waals surface area contributed by atoms with E-state index in [-0.39, 0.29) is 0 Å². The maximum Gasteiger partial charge on any atom is 0.161 e. The van der Waals surface area contributed by atoms with E-state index in [1.165, 1.54) is 6.42 Å². The lowest BCUT2D eigenvalue weighted by atomic mass is 9.91. The maximum absolute atomic E-state index is 5.29. The van der Waals surface area contributed by atoms with Crippen LogP contribution in [0, 0.1) is 11.8 Å². The van der Waals surface area contributed by atoms with Gasteiger partial charge < -0.3 is 15.0 Å². The highest BCUT2D eigenvalue weighted by atomic mass is 32.2. The molecule has 0 spiro atoms. The summed E-state index contributed by atoms with van der Waals surface area (Å²) < 4.78 is 5.29. The zero-order chi connectivity index (χ0) is 26.1. The smallest absolute Gasteiger partial charge is 0.161 e. The van der Waals surface area contributed by atoms with Gasteiger partial charge >= 0.3 is 0 Å². The van der Waals surface area contributed by atoms with E-state index in [9.17, 15) is 0 Å². The number of piperidine rings is 1. The van der Waals surface area contributed by atoms with Crippen molar-refractivity contribution in [2.75, 3.05) is 30.4 Å². The summed E-state index contributed by atoms with van der Waals surface area (Å²) in [5.74, 6) is 3.74. The Bertz CT molecular complexity index is 1580. The summed E-state index contributed by atoms with van der Waals surface area (Å²) in [5.41, 5.74) is 2.64. The molecule has 3 aromatic heterocycles. The first-order valence-electron chi connectivity index (χ1n) is 12.9. The third-order valence-corrected chi connectivity index (χ3v) is 7.99. The normalized spacial score (nSPS) is 17.6. The number of pyridine rings is 2. The van der Waals surface area contributed by atoms with Crippen molar-refractivity contribution in [1.82, 2.24) is 20.2 Å². The predicted octanol–water partition coefficient (Wildman–Crippen LogP) is 6.96. The molecule has 0 radical (unpaired) electrons. The molecule has 1 aliphatic rings. The van der Waals surface area contributed by atoms with Crippen LogP contribution in [-0.4, -0.2) is 40.4 Å². The van der Waals surface area contributed by atoms with Crippen molar-refractivity contribution in [2.45, 2.75) is 30.1 Å². The monoisotopic (exact) mass is 522 g/mol. The van der Waals surface area contributed by atoms with Crippen molar-refractivity contribution in [3.05, 3.63) is 73.1 Å². The average molecular weight is 523 g/mol. The lowest BCUT2D eigenvalue weighted by Gasteiger charge is -2.36. The van der Waals surface area contributed by atoms with E-state index in [4.69, 9.17) is 9.84 Å². The Morgan fingerprint density at radius 3 is 2.45 bits per heavy atom. The van der Waals surface area contributed by atoms with Gasteiger partial charge in [0.25, 0.3) is 0 Å². The molecule has 2 aromatic carbocycles. The fourth-order valence-electron chi connectivity index (χ4n) is 5.30. The fourth-order valence-corrected chi connectivity index (χ4v) is 6.21. The summed E-state index contributed by atoms with van der Waals surface area (Å²) in [6.45, 7) is 6.68. The number of hydrogen-bond donors (Lipinski definition) is 1. The van der Waals surface area contributed by atoms with Gasteiger partial charge in [-0.1, -0.05) is 49.9 Å². The quantitative estimate of drug-likeness (QED) is 0.256. The van der Waals surface area contributed by atoms with E-state index in [0.717, 1.165) is 62.0 Å². The number of methoxy groups -OCH3 is 1. The van der Waals surface area contributed by atoms with E-state index in [1.54, 1.807) is 31.3 Å². The van der Waals surface area contributed by atoms with E-state index in [1.807, 2.05) is 12.1 Å². The largest absolute Gasteiger partial charge is 0.495 e. The molecule has 0 bridgehead atoms. The van der Waals surface area contributed by atoms with E-state index in [2.05, 4.69) is 87.7 Å². The van der Waals surface area contributed by atoms with Gasteiger partial charge in [0, 0.05) is 51.6 Å². The van der Waals surface area contributed by atoms with Crippen LogP contribution in [0.3, 0.4) is 0 Å². The maximum atomic E-state index is 5.29. The van der Waals surface area contributed by atoms with Gasteiger partial charge in [0.15, 0.2) is 11.6 Å². The van der Waals surface area contributed by atoms with E-state index in [0.29, 0.717) is 17.6 Å². The van der Waals surface area contributed by atoms with Crippen molar-refractivity contribution in [3.8, 4) is 5.75 Å². The number of fused-ring (bicyclic) bond motifs is 2. The fraction of sp³-hybridized carbons (Fsp3) is 0.267. The number of aromatic nitrogens is 4. The van der Waals surface area contributed by atoms with Crippen LogP contribution in [0.2, 0.25) is 0 Å². The molecule has 0 amide bonds. The van der Waals surface area contributed by atoms with Crippen LogP contribution in [0.4, 0.5) is 17.3 Å². The zero-order valence-corrected chi connectivity index (χ0v) is 22.6. The molecule has 192 valence electrons. The Morgan fingerprint density at radius 2 is 1.68 bits per heavy atom. The number of nitrogens with zero attached hydrogens (tertiary/aromatic N) is 5. The molecule has 0 aliphatic carbocycles. The van der Waals surface area contributed by atoms with Gasteiger partial charge in [-0.05, 0) is 48.6 Å². The molecule has 38 heavy (non-hydrogen) atoms. The molecular formula is C30H30N6OS. The molecule has 7 nitrogen and oxygen atoms in total. The summed E-state index contributed by atoms with van der Waals surface area (Å²) in [4.78, 5) is 13.6. The van der Waals surface area contributed by atoms with Crippen LogP contribution in [0.1, 0.15) is 20.3 Å². The van der Waals surface area contributed by atoms with Crippen LogP contribution in [0.15, 0.2) is 82.8 Å². The van der Waals surface area contributed by atoms with Crippen LogP contribution >= 0.6 is 11.8 Å². The van der Waals surface area contributed by atoms with Crippen molar-refractivity contribution < 1.29 is 4.74 Å². The van der Waals surface area contributed by atoms with Gasteiger partial charge in [0.05, 0.1) is 18.8 Å². The second-order valence-corrected chi connectivity index (χ2v) is 11.2. The number of ether oxygens (including phenoxy) is 1. The summed E-state index contributed by atoms with van der Waals surface area (Å²) in [7, 11) is 1.63. The summed E-state index contributed by atoms with van der Waals surface area (Å²) in [6, 6.07) is 20.6. The van der Waals surface area contributed by atoms with Crippen LogP contribution in [0.25, 0.3) is 21.8 Å². The molecule has 1 N–H and O–H groups in total. The van der Waals surface area contributed by atoms with Crippen molar-refractivity contribution in [3.63, 3.8) is 0 Å². The van der Waals surface area contributed by atoms with Gasteiger partial charge in [-0.25, -0.2) is 4.98 Å². The van der Waals surface area contributed by atoms with Crippen LogP contribution < -0.4 is 15.0 Å². The first kappa shape index (κ1) is 24.4. The Hall–Kier alpha value is -3.91. The molecule has 1 fully saturated rings. The molecule has 6 rings (SSSR count). The van der Waals surface area contributed by atoms with Gasteiger partial charge in [-0.2, -0.15) is 0 Å². The highest BCUT2D eigenvalue weighted by Gasteiger charge is 2.25. The Morgan fingerprint density at radius 1 is 0.921 bits per heavy atom. The highest BCUT2D eigenvalue weighted by molar-refractivity contribution is 7.99. The standard InChI is InChI=1S/C30H30N6OS/c1-19-14-20(2)18-36(17-19)30-25-7-5-4-6-24(25)29(34-35-30)33-21-8-10-23(11-9-21)38-27-12-13-31-26-15-22(37-3)16-32-28(26)27/h4-13,15-16,19-20H,14,17-18H2,1-3H3,(H,33,34). The minimum Gasteiger partial charge on any atom is -0.495 e. The molecular weight excluding hydrogens is 492 g/mol. The lowest BCUT2D eigenvalue weighted by molar-refractivity contribution is 0.355. The van der Waals surface area contributed by atoms with E-state index < -0.39 is 0 Å². The minimum atomic E-state index is 0.650. The Balaban J connectivity index is 1.23. The van der Waals surface area contributed by atoms with Gasteiger partial charge in [-0.3, -0.25) is 4.98 Å². The second kappa shape index (κ2) is 10.5. The number of nitrogens with one attached hydrogen (secondary N) is 1. The molecule has 1 saturated heterocycles. The van der Waals surface area contributed by atoms with Gasteiger partial charge in [0.2, 0.25) is 0 Å². The Labute approximate surface area is 226 Å². The van der Waals surface area contributed by atoms with E-state index >= 15 is 0 Å². The predicted molar refractivity (Wildman–Crippen MR) is 155 cm³/mol. The summed E-state index contributed by atoms with van der Waals surface area (Å²) >= 11 is 1.66. The van der Waals surface area contributed by atoms with Gasteiger partial charge in [-0.15, -0.1) is 10.2 Å². The third kappa shape index (κ3) is 4.96. The Kier molecular flexibility index (Phi) is 6.72.